The average Bonchev–Trinajstić information content (AvgIpc) is 2.85. The summed E-state index contributed by atoms with van der Waals surface area (Å²) in [6, 6.07) is 4.87. The molecule has 0 unspecified atom stereocenters. The average molecular weight is 239 g/mol. The summed E-state index contributed by atoms with van der Waals surface area (Å²) in [6.07, 6.45) is 7.24. The maximum absolute atomic E-state index is 5.77. The predicted octanol–water partition coefficient (Wildman–Crippen LogP) is 3.59. The second kappa shape index (κ2) is 5.53. The van der Waals surface area contributed by atoms with Gasteiger partial charge in [-0.1, -0.05) is 18.9 Å². The van der Waals surface area contributed by atoms with Crippen LogP contribution in [0.1, 0.15) is 38.2 Å². The molecule has 0 spiro atoms. The van der Waals surface area contributed by atoms with Gasteiger partial charge in [0.2, 0.25) is 0 Å². The number of rotatable bonds is 4. The lowest BCUT2D eigenvalue weighted by atomic mass is 10.2. The topological polar surface area (TPSA) is 16.1 Å². The fourth-order valence-corrected chi connectivity index (χ4v) is 2.65. The van der Waals surface area contributed by atoms with Crippen LogP contribution in [0.2, 0.25) is 0 Å². The lowest BCUT2D eigenvalue weighted by Gasteiger charge is -2.28. The Morgan fingerprint density at radius 1 is 1.38 bits per heavy atom. The fourth-order valence-electron chi connectivity index (χ4n) is 2.49. The van der Waals surface area contributed by atoms with Crippen molar-refractivity contribution in [1.82, 2.24) is 4.98 Å². The molecule has 88 valence electrons. The number of pyridine rings is 1. The molecule has 0 N–H and O–H groups in total. The Kier molecular flexibility index (Phi) is 4.05. The summed E-state index contributed by atoms with van der Waals surface area (Å²) >= 11 is 5.77. The monoisotopic (exact) mass is 238 g/mol. The van der Waals surface area contributed by atoms with Crippen molar-refractivity contribution in [2.45, 2.75) is 44.5 Å². The number of alkyl halides is 1. The Balaban J connectivity index is 2.12. The highest BCUT2D eigenvalue weighted by Gasteiger charge is 2.22. The number of anilines is 1. The van der Waals surface area contributed by atoms with Crippen molar-refractivity contribution >= 4 is 17.4 Å². The molecule has 1 aromatic rings. The van der Waals surface area contributed by atoms with Gasteiger partial charge in [0.25, 0.3) is 0 Å². The van der Waals surface area contributed by atoms with Crippen molar-refractivity contribution in [2.75, 3.05) is 11.4 Å². The van der Waals surface area contributed by atoms with Crippen molar-refractivity contribution in [3.8, 4) is 0 Å². The zero-order valence-electron chi connectivity index (χ0n) is 9.82. The van der Waals surface area contributed by atoms with Gasteiger partial charge in [0.15, 0.2) is 0 Å². The lowest BCUT2D eigenvalue weighted by Crippen LogP contribution is -2.33. The number of halogens is 1. The smallest absolute Gasteiger partial charge is 0.128 e. The minimum Gasteiger partial charge on any atom is -0.354 e. The molecular formula is C13H19ClN2. The van der Waals surface area contributed by atoms with Gasteiger partial charge in [-0.05, 0) is 31.4 Å². The van der Waals surface area contributed by atoms with Crippen LogP contribution in [-0.4, -0.2) is 17.6 Å². The summed E-state index contributed by atoms with van der Waals surface area (Å²) < 4.78 is 0. The van der Waals surface area contributed by atoms with E-state index < -0.39 is 0 Å². The second-order valence-electron chi connectivity index (χ2n) is 4.38. The molecule has 1 aromatic heterocycles. The maximum Gasteiger partial charge on any atom is 0.128 e. The molecular weight excluding hydrogens is 220 g/mol. The standard InChI is InChI=1S/C13H19ClN2/c1-2-16(12-5-3-4-6-12)13-8-7-11(9-14)10-15-13/h7-8,10,12H,2-6,9H2,1H3. The molecule has 2 nitrogen and oxygen atoms in total. The van der Waals surface area contributed by atoms with E-state index in [1.165, 1.54) is 25.7 Å². The van der Waals surface area contributed by atoms with Gasteiger partial charge in [-0.25, -0.2) is 4.98 Å². The van der Waals surface area contributed by atoms with Crippen LogP contribution in [0.25, 0.3) is 0 Å². The second-order valence-corrected chi connectivity index (χ2v) is 4.65. The molecule has 0 bridgehead atoms. The van der Waals surface area contributed by atoms with Gasteiger partial charge in [-0.2, -0.15) is 0 Å². The highest BCUT2D eigenvalue weighted by molar-refractivity contribution is 6.17. The Morgan fingerprint density at radius 3 is 2.62 bits per heavy atom. The van der Waals surface area contributed by atoms with E-state index in [9.17, 15) is 0 Å². The maximum atomic E-state index is 5.77. The van der Waals surface area contributed by atoms with Crippen LogP contribution in [-0.2, 0) is 5.88 Å². The highest BCUT2D eigenvalue weighted by atomic mass is 35.5. The molecule has 1 fully saturated rings. The molecule has 0 radical (unpaired) electrons. The van der Waals surface area contributed by atoms with Crippen LogP contribution >= 0.6 is 11.6 Å². The SMILES string of the molecule is CCN(c1ccc(CCl)cn1)C1CCCC1. The molecule has 1 heterocycles. The Morgan fingerprint density at radius 2 is 2.12 bits per heavy atom. The number of hydrogen-bond donors (Lipinski definition) is 0. The Hall–Kier alpha value is -0.760. The van der Waals surface area contributed by atoms with Crippen molar-refractivity contribution in [3.05, 3.63) is 23.9 Å². The van der Waals surface area contributed by atoms with E-state index in [1.54, 1.807) is 0 Å². The van der Waals surface area contributed by atoms with Crippen LogP contribution in [0, 0.1) is 0 Å². The first-order chi connectivity index (χ1) is 7.85. The van der Waals surface area contributed by atoms with Gasteiger partial charge >= 0.3 is 0 Å². The largest absolute Gasteiger partial charge is 0.354 e. The van der Waals surface area contributed by atoms with E-state index in [-0.39, 0.29) is 0 Å². The third-order valence-electron chi connectivity index (χ3n) is 3.36. The molecule has 3 heteroatoms. The first kappa shape index (κ1) is 11.7. The number of hydrogen-bond acceptors (Lipinski definition) is 2. The van der Waals surface area contributed by atoms with E-state index in [4.69, 9.17) is 11.6 Å². The van der Waals surface area contributed by atoms with Crippen molar-refractivity contribution in [2.24, 2.45) is 0 Å². The molecule has 0 saturated heterocycles. The van der Waals surface area contributed by atoms with Crippen LogP contribution in [0.3, 0.4) is 0 Å². The van der Waals surface area contributed by atoms with Gasteiger partial charge < -0.3 is 4.90 Å². The molecule has 16 heavy (non-hydrogen) atoms. The van der Waals surface area contributed by atoms with Crippen LogP contribution in [0.5, 0.6) is 0 Å². The van der Waals surface area contributed by atoms with Crippen molar-refractivity contribution < 1.29 is 0 Å². The third kappa shape index (κ3) is 2.49. The summed E-state index contributed by atoms with van der Waals surface area (Å²) in [7, 11) is 0. The van der Waals surface area contributed by atoms with E-state index in [2.05, 4.69) is 28.9 Å². The van der Waals surface area contributed by atoms with Crippen LogP contribution in [0.4, 0.5) is 5.82 Å². The fraction of sp³-hybridized carbons (Fsp3) is 0.615. The van der Waals surface area contributed by atoms with E-state index >= 15 is 0 Å². The van der Waals surface area contributed by atoms with Gasteiger partial charge in [-0.15, -0.1) is 11.6 Å². The summed E-state index contributed by atoms with van der Waals surface area (Å²) in [5, 5.41) is 0. The summed E-state index contributed by atoms with van der Waals surface area (Å²) in [5.41, 5.74) is 1.09. The van der Waals surface area contributed by atoms with Gasteiger partial charge in [0.05, 0.1) is 0 Å². The van der Waals surface area contributed by atoms with E-state index in [0.29, 0.717) is 11.9 Å². The van der Waals surface area contributed by atoms with Gasteiger partial charge in [0.1, 0.15) is 5.82 Å². The van der Waals surface area contributed by atoms with Gasteiger partial charge in [-0.3, -0.25) is 0 Å². The molecule has 1 saturated carbocycles. The Bertz CT molecular complexity index is 317. The normalized spacial score (nSPS) is 16.6. The minimum absolute atomic E-state index is 0.544. The third-order valence-corrected chi connectivity index (χ3v) is 3.67. The van der Waals surface area contributed by atoms with Crippen LogP contribution < -0.4 is 4.90 Å². The lowest BCUT2D eigenvalue weighted by molar-refractivity contribution is 0.613. The molecule has 1 aliphatic carbocycles. The summed E-state index contributed by atoms with van der Waals surface area (Å²) in [6.45, 7) is 3.24. The summed E-state index contributed by atoms with van der Waals surface area (Å²) in [5.74, 6) is 1.64. The molecule has 0 amide bonds. The molecule has 0 aliphatic heterocycles. The van der Waals surface area contributed by atoms with Crippen LogP contribution in [0.15, 0.2) is 18.3 Å². The molecule has 1 aliphatic rings. The quantitative estimate of drug-likeness (QED) is 0.746. The zero-order valence-corrected chi connectivity index (χ0v) is 10.6. The van der Waals surface area contributed by atoms with E-state index in [0.717, 1.165) is 17.9 Å². The van der Waals surface area contributed by atoms with E-state index in [1.807, 2.05) is 6.20 Å². The molecule has 0 aromatic carbocycles. The first-order valence-electron chi connectivity index (χ1n) is 6.12. The zero-order chi connectivity index (χ0) is 11.4. The van der Waals surface area contributed by atoms with Crippen molar-refractivity contribution in [1.29, 1.82) is 0 Å². The predicted molar refractivity (Wildman–Crippen MR) is 69.1 cm³/mol. The minimum atomic E-state index is 0.544. The molecule has 0 atom stereocenters. The Labute approximate surface area is 103 Å². The number of aromatic nitrogens is 1. The first-order valence-corrected chi connectivity index (χ1v) is 6.66. The van der Waals surface area contributed by atoms with Gasteiger partial charge in [0, 0.05) is 24.7 Å². The number of nitrogens with zero attached hydrogens (tertiary/aromatic N) is 2. The highest BCUT2D eigenvalue weighted by Crippen LogP contribution is 2.26. The molecule has 2 rings (SSSR count). The summed E-state index contributed by atoms with van der Waals surface area (Å²) in [4.78, 5) is 6.93. The van der Waals surface area contributed by atoms with Crippen molar-refractivity contribution in [3.63, 3.8) is 0 Å².